The van der Waals surface area contributed by atoms with Gasteiger partial charge in [-0.05, 0) is 26.3 Å². The molecule has 106 valence electrons. The first kappa shape index (κ1) is 12.9. The minimum atomic E-state index is -0.128. The van der Waals surface area contributed by atoms with E-state index in [0.717, 1.165) is 45.4 Å². The molecule has 1 saturated heterocycles. The molecule has 0 aromatic heterocycles. The first-order valence-corrected chi connectivity index (χ1v) is 7.28. The van der Waals surface area contributed by atoms with Crippen molar-refractivity contribution >= 4 is 11.8 Å². The Morgan fingerprint density at radius 3 is 2.21 bits per heavy atom. The Hall–Kier alpha value is -1.10. The number of hydrogen-bond donors (Lipinski definition) is 1. The summed E-state index contributed by atoms with van der Waals surface area (Å²) in [6, 6.07) is 0. The van der Waals surface area contributed by atoms with E-state index in [0.29, 0.717) is 12.3 Å². The zero-order chi connectivity index (χ0) is 13.7. The van der Waals surface area contributed by atoms with Crippen molar-refractivity contribution in [2.24, 2.45) is 5.41 Å². The SMILES string of the molecule is CCC(=O)NC12CC(C(=O)N3CCN(C)CC3)(C1)C2. The molecule has 5 nitrogen and oxygen atoms in total. The molecule has 0 atom stereocenters. The highest BCUT2D eigenvalue weighted by atomic mass is 16.2. The molecule has 19 heavy (non-hydrogen) atoms. The molecule has 0 aromatic carbocycles. The fraction of sp³-hybridized carbons (Fsp3) is 0.857. The summed E-state index contributed by atoms with van der Waals surface area (Å²) in [7, 11) is 2.10. The Kier molecular flexibility index (Phi) is 2.85. The summed E-state index contributed by atoms with van der Waals surface area (Å²) >= 11 is 0. The second-order valence-corrected chi connectivity index (χ2v) is 6.59. The average molecular weight is 265 g/mol. The summed E-state index contributed by atoms with van der Waals surface area (Å²) in [5.41, 5.74) is -0.160. The zero-order valence-electron chi connectivity index (χ0n) is 11.9. The van der Waals surface area contributed by atoms with Crippen molar-refractivity contribution in [2.45, 2.75) is 38.1 Å². The summed E-state index contributed by atoms with van der Waals surface area (Å²) in [5, 5.41) is 3.08. The van der Waals surface area contributed by atoms with E-state index in [1.54, 1.807) is 0 Å². The van der Waals surface area contributed by atoms with Gasteiger partial charge in [-0.1, -0.05) is 6.92 Å². The predicted molar refractivity (Wildman–Crippen MR) is 71.5 cm³/mol. The molecule has 4 rings (SSSR count). The lowest BCUT2D eigenvalue weighted by Crippen LogP contribution is -2.78. The number of nitrogens with zero attached hydrogens (tertiary/aromatic N) is 2. The Labute approximate surface area is 114 Å². The van der Waals surface area contributed by atoms with Crippen molar-refractivity contribution in [2.75, 3.05) is 33.2 Å². The molecule has 1 N–H and O–H groups in total. The quantitative estimate of drug-likeness (QED) is 0.793. The minimum Gasteiger partial charge on any atom is -0.351 e. The van der Waals surface area contributed by atoms with E-state index in [1.165, 1.54) is 0 Å². The molecular weight excluding hydrogens is 242 g/mol. The Morgan fingerprint density at radius 1 is 1.11 bits per heavy atom. The number of nitrogens with one attached hydrogen (secondary N) is 1. The van der Waals surface area contributed by atoms with E-state index in [9.17, 15) is 9.59 Å². The lowest BCUT2D eigenvalue weighted by molar-refractivity contribution is -0.194. The van der Waals surface area contributed by atoms with Crippen LogP contribution in [0.4, 0.5) is 0 Å². The third kappa shape index (κ3) is 1.95. The molecule has 3 saturated carbocycles. The standard InChI is InChI=1S/C14H23N3O2/c1-3-11(18)15-14-8-13(9-14,10-14)12(19)17-6-4-16(2)5-7-17/h3-10H2,1-2H3,(H,15,18). The van der Waals surface area contributed by atoms with Crippen LogP contribution in [0.5, 0.6) is 0 Å². The molecule has 2 amide bonds. The Balaban J connectivity index is 1.53. The number of carbonyl (C=O) groups excluding carboxylic acids is 2. The maximum atomic E-state index is 12.5. The van der Waals surface area contributed by atoms with Gasteiger partial charge >= 0.3 is 0 Å². The third-order valence-electron chi connectivity index (χ3n) is 5.00. The van der Waals surface area contributed by atoms with Gasteiger partial charge < -0.3 is 15.1 Å². The normalized spacial score (nSPS) is 37.3. The van der Waals surface area contributed by atoms with Gasteiger partial charge in [-0.2, -0.15) is 0 Å². The van der Waals surface area contributed by atoms with E-state index in [2.05, 4.69) is 17.3 Å². The Bertz CT molecular complexity index is 393. The van der Waals surface area contributed by atoms with Gasteiger partial charge in [0, 0.05) is 38.1 Å². The van der Waals surface area contributed by atoms with Gasteiger partial charge in [0.05, 0.1) is 5.41 Å². The molecule has 0 spiro atoms. The van der Waals surface area contributed by atoms with Gasteiger partial charge in [0.2, 0.25) is 11.8 Å². The van der Waals surface area contributed by atoms with Crippen molar-refractivity contribution < 1.29 is 9.59 Å². The average Bonchev–Trinajstić information content (AvgIpc) is 2.31. The molecule has 4 aliphatic rings. The summed E-state index contributed by atoms with van der Waals surface area (Å²) < 4.78 is 0. The number of piperazine rings is 1. The highest BCUT2D eigenvalue weighted by Gasteiger charge is 2.72. The zero-order valence-corrected chi connectivity index (χ0v) is 11.9. The lowest BCUT2D eigenvalue weighted by atomic mass is 9.39. The van der Waals surface area contributed by atoms with Crippen LogP contribution in [-0.2, 0) is 9.59 Å². The van der Waals surface area contributed by atoms with Crippen molar-refractivity contribution in [3.8, 4) is 0 Å². The molecule has 1 heterocycles. The van der Waals surface area contributed by atoms with Crippen molar-refractivity contribution in [3.63, 3.8) is 0 Å². The maximum Gasteiger partial charge on any atom is 0.229 e. The first-order chi connectivity index (χ1) is 8.99. The first-order valence-electron chi connectivity index (χ1n) is 7.28. The maximum absolute atomic E-state index is 12.5. The molecule has 0 aromatic rings. The fourth-order valence-electron chi connectivity index (χ4n) is 3.88. The van der Waals surface area contributed by atoms with Crippen LogP contribution >= 0.6 is 0 Å². The highest BCUT2D eigenvalue weighted by Crippen LogP contribution is 2.67. The molecule has 0 unspecified atom stereocenters. The molecule has 0 radical (unpaired) electrons. The molecule has 3 aliphatic carbocycles. The van der Waals surface area contributed by atoms with Gasteiger partial charge in [-0.3, -0.25) is 9.59 Å². The summed E-state index contributed by atoms with van der Waals surface area (Å²) in [5.74, 6) is 0.438. The van der Waals surface area contributed by atoms with Crippen LogP contribution in [0.15, 0.2) is 0 Å². The molecule has 5 heteroatoms. The van der Waals surface area contributed by atoms with Crippen LogP contribution in [0.1, 0.15) is 32.6 Å². The van der Waals surface area contributed by atoms with E-state index in [1.807, 2.05) is 11.8 Å². The minimum absolute atomic E-state index is 0.0324. The number of hydrogen-bond acceptors (Lipinski definition) is 3. The monoisotopic (exact) mass is 265 g/mol. The van der Waals surface area contributed by atoms with Gasteiger partial charge in [0.25, 0.3) is 0 Å². The molecular formula is C14H23N3O2. The molecule has 2 bridgehead atoms. The number of carbonyl (C=O) groups is 2. The topological polar surface area (TPSA) is 52.7 Å². The second kappa shape index (κ2) is 4.20. The van der Waals surface area contributed by atoms with E-state index < -0.39 is 0 Å². The molecule has 4 fully saturated rings. The van der Waals surface area contributed by atoms with E-state index in [-0.39, 0.29) is 16.9 Å². The van der Waals surface area contributed by atoms with Gasteiger partial charge in [0.15, 0.2) is 0 Å². The number of rotatable bonds is 3. The molecule has 1 aliphatic heterocycles. The second-order valence-electron chi connectivity index (χ2n) is 6.59. The smallest absolute Gasteiger partial charge is 0.229 e. The van der Waals surface area contributed by atoms with Crippen LogP contribution in [0.3, 0.4) is 0 Å². The van der Waals surface area contributed by atoms with Crippen LogP contribution in [0.25, 0.3) is 0 Å². The van der Waals surface area contributed by atoms with Crippen LogP contribution in [0.2, 0.25) is 0 Å². The summed E-state index contributed by atoms with van der Waals surface area (Å²) in [4.78, 5) is 28.3. The van der Waals surface area contributed by atoms with E-state index >= 15 is 0 Å². The van der Waals surface area contributed by atoms with Crippen LogP contribution < -0.4 is 5.32 Å². The lowest BCUT2D eigenvalue weighted by Gasteiger charge is -2.70. The van der Waals surface area contributed by atoms with Crippen molar-refractivity contribution in [3.05, 3.63) is 0 Å². The highest BCUT2D eigenvalue weighted by molar-refractivity contribution is 5.88. The third-order valence-corrected chi connectivity index (χ3v) is 5.00. The summed E-state index contributed by atoms with van der Waals surface area (Å²) in [6.07, 6.45) is 3.10. The van der Waals surface area contributed by atoms with Crippen molar-refractivity contribution in [1.29, 1.82) is 0 Å². The van der Waals surface area contributed by atoms with E-state index in [4.69, 9.17) is 0 Å². The Morgan fingerprint density at radius 2 is 1.68 bits per heavy atom. The number of amides is 2. The van der Waals surface area contributed by atoms with Gasteiger partial charge in [-0.15, -0.1) is 0 Å². The number of likely N-dealkylation sites (N-methyl/N-ethyl adjacent to an activating group) is 1. The van der Waals surface area contributed by atoms with Crippen LogP contribution in [0, 0.1) is 5.41 Å². The van der Waals surface area contributed by atoms with Crippen molar-refractivity contribution in [1.82, 2.24) is 15.1 Å². The van der Waals surface area contributed by atoms with Crippen LogP contribution in [-0.4, -0.2) is 60.4 Å². The summed E-state index contributed by atoms with van der Waals surface area (Å²) in [6.45, 7) is 5.52. The predicted octanol–water partition coefficient (Wildman–Crippen LogP) is 0.209. The van der Waals surface area contributed by atoms with Gasteiger partial charge in [-0.25, -0.2) is 0 Å². The fourth-order valence-corrected chi connectivity index (χ4v) is 3.88. The van der Waals surface area contributed by atoms with Gasteiger partial charge in [0.1, 0.15) is 0 Å². The largest absolute Gasteiger partial charge is 0.351 e.